The van der Waals surface area contributed by atoms with Crippen molar-refractivity contribution in [1.82, 2.24) is 0 Å². The standard InChI is InChI=1S/C22H38O3/c1-2-3-4-5-6-7-8-9-10-11-12-13-14-15-16-17-18-19-25-21-22(24)20-23/h5-6,8-9,11-12,14-15,22-24H,2-4,7,10,13,16-21H2,1H3/b6-5-,9-8-,12-11-,15-14-. The van der Waals surface area contributed by atoms with Crippen molar-refractivity contribution < 1.29 is 14.9 Å². The summed E-state index contributed by atoms with van der Waals surface area (Å²) >= 11 is 0. The van der Waals surface area contributed by atoms with Crippen molar-refractivity contribution in [2.24, 2.45) is 0 Å². The van der Waals surface area contributed by atoms with Gasteiger partial charge in [-0.2, -0.15) is 0 Å². The Kier molecular flexibility index (Phi) is 19.9. The maximum Gasteiger partial charge on any atom is 0.100 e. The first-order chi connectivity index (χ1) is 12.3. The van der Waals surface area contributed by atoms with E-state index in [4.69, 9.17) is 14.9 Å². The first kappa shape index (κ1) is 23.8. The molecule has 0 radical (unpaired) electrons. The van der Waals surface area contributed by atoms with Crippen LogP contribution in [-0.4, -0.2) is 36.1 Å². The van der Waals surface area contributed by atoms with Gasteiger partial charge in [0.1, 0.15) is 6.10 Å². The molecule has 0 aliphatic rings. The van der Waals surface area contributed by atoms with E-state index in [9.17, 15) is 0 Å². The molecule has 3 heteroatoms. The largest absolute Gasteiger partial charge is 0.394 e. The molecule has 0 aromatic rings. The molecule has 0 fully saturated rings. The van der Waals surface area contributed by atoms with Crippen molar-refractivity contribution in [1.29, 1.82) is 0 Å². The third-order valence-electron chi connectivity index (χ3n) is 3.64. The van der Waals surface area contributed by atoms with Crippen molar-refractivity contribution in [3.63, 3.8) is 0 Å². The van der Waals surface area contributed by atoms with Gasteiger partial charge in [-0.1, -0.05) is 68.4 Å². The van der Waals surface area contributed by atoms with E-state index in [0.29, 0.717) is 6.61 Å². The van der Waals surface area contributed by atoms with Gasteiger partial charge in [0.25, 0.3) is 0 Å². The van der Waals surface area contributed by atoms with Gasteiger partial charge in [0.15, 0.2) is 0 Å². The number of ether oxygens (including phenoxy) is 1. The molecule has 0 heterocycles. The molecule has 2 N–H and O–H groups in total. The third-order valence-corrected chi connectivity index (χ3v) is 3.64. The predicted molar refractivity (Wildman–Crippen MR) is 108 cm³/mol. The Labute approximate surface area is 154 Å². The minimum absolute atomic E-state index is 0.223. The van der Waals surface area contributed by atoms with Crippen LogP contribution in [0.5, 0.6) is 0 Å². The van der Waals surface area contributed by atoms with Gasteiger partial charge in [-0.25, -0.2) is 0 Å². The van der Waals surface area contributed by atoms with Crippen LogP contribution in [0.2, 0.25) is 0 Å². The van der Waals surface area contributed by atoms with Crippen LogP contribution in [0.4, 0.5) is 0 Å². The molecule has 0 aliphatic carbocycles. The van der Waals surface area contributed by atoms with Gasteiger partial charge in [0.05, 0.1) is 13.2 Å². The molecule has 0 rings (SSSR count). The van der Waals surface area contributed by atoms with E-state index in [1.54, 1.807) is 0 Å². The maximum atomic E-state index is 9.10. The van der Waals surface area contributed by atoms with Crippen molar-refractivity contribution in [2.75, 3.05) is 19.8 Å². The second kappa shape index (κ2) is 20.9. The average Bonchev–Trinajstić information content (AvgIpc) is 2.63. The zero-order valence-corrected chi connectivity index (χ0v) is 16.0. The summed E-state index contributed by atoms with van der Waals surface area (Å²) in [6.07, 6.45) is 27.0. The Morgan fingerprint density at radius 2 is 1.28 bits per heavy atom. The molecule has 1 unspecified atom stereocenters. The summed E-state index contributed by atoms with van der Waals surface area (Å²) in [5, 5.41) is 17.7. The summed E-state index contributed by atoms with van der Waals surface area (Å²) in [7, 11) is 0. The van der Waals surface area contributed by atoms with Crippen LogP contribution in [0.1, 0.15) is 64.7 Å². The molecular formula is C22H38O3. The highest BCUT2D eigenvalue weighted by Crippen LogP contribution is 2.00. The number of aliphatic hydroxyl groups is 2. The van der Waals surface area contributed by atoms with E-state index < -0.39 is 6.10 Å². The van der Waals surface area contributed by atoms with Gasteiger partial charge in [-0.05, 0) is 44.9 Å². The normalized spacial score (nSPS) is 13.9. The van der Waals surface area contributed by atoms with Crippen LogP contribution in [0.15, 0.2) is 48.6 Å². The summed E-state index contributed by atoms with van der Waals surface area (Å²) in [6.45, 7) is 2.85. The summed E-state index contributed by atoms with van der Waals surface area (Å²) in [6, 6.07) is 0. The average molecular weight is 351 g/mol. The molecule has 0 spiro atoms. The number of aliphatic hydroxyl groups excluding tert-OH is 2. The van der Waals surface area contributed by atoms with E-state index in [0.717, 1.165) is 38.5 Å². The van der Waals surface area contributed by atoms with E-state index in [2.05, 4.69) is 55.5 Å². The number of hydrogen-bond donors (Lipinski definition) is 2. The Hall–Kier alpha value is -1.16. The second-order valence-corrected chi connectivity index (χ2v) is 6.14. The first-order valence-electron chi connectivity index (χ1n) is 9.77. The molecule has 0 saturated carbocycles. The molecule has 0 saturated heterocycles. The minimum atomic E-state index is -0.746. The molecule has 144 valence electrons. The van der Waals surface area contributed by atoms with Gasteiger partial charge in [0, 0.05) is 6.61 Å². The third kappa shape index (κ3) is 20.8. The monoisotopic (exact) mass is 350 g/mol. The zero-order chi connectivity index (χ0) is 18.4. The Morgan fingerprint density at radius 1 is 0.760 bits per heavy atom. The summed E-state index contributed by atoms with van der Waals surface area (Å²) < 4.78 is 5.25. The molecule has 0 bridgehead atoms. The summed E-state index contributed by atoms with van der Waals surface area (Å²) in [5.74, 6) is 0. The topological polar surface area (TPSA) is 49.7 Å². The molecule has 0 aromatic heterocycles. The van der Waals surface area contributed by atoms with E-state index >= 15 is 0 Å². The molecule has 0 aliphatic heterocycles. The zero-order valence-electron chi connectivity index (χ0n) is 16.0. The van der Waals surface area contributed by atoms with Crippen molar-refractivity contribution in [3.05, 3.63) is 48.6 Å². The van der Waals surface area contributed by atoms with E-state index in [1.165, 1.54) is 19.3 Å². The number of unbranched alkanes of at least 4 members (excludes halogenated alkanes) is 4. The maximum absolute atomic E-state index is 9.10. The fourth-order valence-electron chi connectivity index (χ4n) is 2.11. The van der Waals surface area contributed by atoms with Crippen molar-refractivity contribution in [3.8, 4) is 0 Å². The SMILES string of the molecule is CCCC/C=C\C/C=C\C/C=C\C/C=C\CCCCOCC(O)CO. The van der Waals surface area contributed by atoms with Gasteiger partial charge >= 0.3 is 0 Å². The van der Waals surface area contributed by atoms with Gasteiger partial charge in [-0.15, -0.1) is 0 Å². The van der Waals surface area contributed by atoms with Gasteiger partial charge in [-0.3, -0.25) is 0 Å². The quantitative estimate of drug-likeness (QED) is 0.283. The highest BCUT2D eigenvalue weighted by Gasteiger charge is 2.00. The number of rotatable bonds is 17. The number of hydrogen-bond acceptors (Lipinski definition) is 3. The van der Waals surface area contributed by atoms with Crippen molar-refractivity contribution in [2.45, 2.75) is 70.8 Å². The molecule has 0 amide bonds. The fourth-order valence-corrected chi connectivity index (χ4v) is 2.11. The van der Waals surface area contributed by atoms with Crippen LogP contribution in [0, 0.1) is 0 Å². The second-order valence-electron chi connectivity index (χ2n) is 6.14. The van der Waals surface area contributed by atoms with E-state index in [-0.39, 0.29) is 13.2 Å². The summed E-state index contributed by atoms with van der Waals surface area (Å²) in [4.78, 5) is 0. The Balaban J connectivity index is 3.35. The molecule has 3 nitrogen and oxygen atoms in total. The fraction of sp³-hybridized carbons (Fsp3) is 0.636. The first-order valence-corrected chi connectivity index (χ1v) is 9.77. The van der Waals surface area contributed by atoms with E-state index in [1.807, 2.05) is 0 Å². The van der Waals surface area contributed by atoms with Crippen LogP contribution in [-0.2, 0) is 4.74 Å². The van der Waals surface area contributed by atoms with Crippen molar-refractivity contribution >= 4 is 0 Å². The predicted octanol–water partition coefficient (Wildman–Crippen LogP) is 5.11. The smallest absolute Gasteiger partial charge is 0.100 e. The molecule has 25 heavy (non-hydrogen) atoms. The lowest BCUT2D eigenvalue weighted by Gasteiger charge is -2.07. The highest BCUT2D eigenvalue weighted by atomic mass is 16.5. The lowest BCUT2D eigenvalue weighted by Crippen LogP contribution is -2.19. The number of allylic oxidation sites excluding steroid dienone is 8. The highest BCUT2D eigenvalue weighted by molar-refractivity contribution is 4.99. The lowest BCUT2D eigenvalue weighted by molar-refractivity contribution is 0.00541. The summed E-state index contributed by atoms with van der Waals surface area (Å²) in [5.41, 5.74) is 0. The van der Waals surface area contributed by atoms with Gasteiger partial charge in [0.2, 0.25) is 0 Å². The Bertz CT molecular complexity index is 369. The van der Waals surface area contributed by atoms with Crippen LogP contribution >= 0.6 is 0 Å². The lowest BCUT2D eigenvalue weighted by atomic mass is 10.2. The van der Waals surface area contributed by atoms with Crippen LogP contribution in [0.25, 0.3) is 0 Å². The molecule has 1 atom stereocenters. The van der Waals surface area contributed by atoms with Gasteiger partial charge < -0.3 is 14.9 Å². The van der Waals surface area contributed by atoms with Crippen LogP contribution < -0.4 is 0 Å². The minimum Gasteiger partial charge on any atom is -0.394 e. The van der Waals surface area contributed by atoms with Crippen LogP contribution in [0.3, 0.4) is 0 Å². The Morgan fingerprint density at radius 3 is 1.80 bits per heavy atom. The molecular weight excluding hydrogens is 312 g/mol. The molecule has 0 aromatic carbocycles.